The summed E-state index contributed by atoms with van der Waals surface area (Å²) in [5.41, 5.74) is 3.45. The molecule has 0 aromatic heterocycles. The summed E-state index contributed by atoms with van der Waals surface area (Å²) in [6.07, 6.45) is 1.82. The number of imide groups is 1. The highest BCUT2D eigenvalue weighted by atomic mass is 16.5. The van der Waals surface area contributed by atoms with Gasteiger partial charge in [0.2, 0.25) is 11.8 Å². The van der Waals surface area contributed by atoms with Crippen molar-refractivity contribution < 1.29 is 23.9 Å². The molecule has 3 fully saturated rings. The van der Waals surface area contributed by atoms with Gasteiger partial charge in [-0.15, -0.1) is 0 Å². The highest BCUT2D eigenvalue weighted by molar-refractivity contribution is 6.23. The largest absolute Gasteiger partial charge is 0.452 e. The van der Waals surface area contributed by atoms with E-state index in [9.17, 15) is 19.2 Å². The van der Waals surface area contributed by atoms with E-state index >= 15 is 0 Å². The van der Waals surface area contributed by atoms with Gasteiger partial charge in [0.1, 0.15) is 0 Å². The fraction of sp³-hybridized carbons (Fsp3) is 0.290. The Morgan fingerprint density at radius 3 is 2.39 bits per heavy atom. The second-order valence-corrected chi connectivity index (χ2v) is 10.5. The molecule has 2 aliphatic carbocycles. The number of esters is 1. The Bertz CT molecular complexity index is 1420. The minimum atomic E-state index is -0.700. The average molecular weight is 509 g/mol. The third-order valence-electron chi connectivity index (χ3n) is 8.25. The summed E-state index contributed by atoms with van der Waals surface area (Å²) in [6, 6.07) is 23.8. The number of ether oxygens (including phenoxy) is 1. The van der Waals surface area contributed by atoms with Crippen LogP contribution in [0.2, 0.25) is 0 Å². The van der Waals surface area contributed by atoms with Crippen molar-refractivity contribution in [2.24, 2.45) is 23.7 Å². The molecule has 3 aromatic carbocycles. The Balaban J connectivity index is 1.14. The molecular weight excluding hydrogens is 480 g/mol. The van der Waals surface area contributed by atoms with Crippen molar-refractivity contribution >= 4 is 35.1 Å². The molecule has 6 rings (SSSR count). The highest BCUT2D eigenvalue weighted by Gasteiger charge is 2.64. The van der Waals surface area contributed by atoms with Crippen LogP contribution in [0.5, 0.6) is 0 Å². The van der Waals surface area contributed by atoms with Crippen LogP contribution in [0, 0.1) is 30.6 Å². The number of fused-ring (bicyclic) bond motifs is 5. The highest BCUT2D eigenvalue weighted by Crippen LogP contribution is 2.61. The molecule has 38 heavy (non-hydrogen) atoms. The second-order valence-electron chi connectivity index (χ2n) is 10.5. The van der Waals surface area contributed by atoms with E-state index in [2.05, 4.69) is 17.4 Å². The molecule has 1 heterocycles. The Hall–Kier alpha value is -4.26. The molecular formula is C31H28N2O5. The molecule has 2 saturated carbocycles. The lowest BCUT2D eigenvalue weighted by atomic mass is 9.73. The van der Waals surface area contributed by atoms with Crippen molar-refractivity contribution in [2.75, 3.05) is 16.8 Å². The number of amides is 3. The topological polar surface area (TPSA) is 92.8 Å². The first-order valence-corrected chi connectivity index (χ1v) is 13.0. The van der Waals surface area contributed by atoms with E-state index < -0.39 is 18.5 Å². The van der Waals surface area contributed by atoms with Gasteiger partial charge in [0.05, 0.1) is 23.1 Å². The van der Waals surface area contributed by atoms with Crippen molar-refractivity contribution in [3.8, 4) is 0 Å². The third-order valence-corrected chi connectivity index (χ3v) is 8.25. The maximum atomic E-state index is 13.6. The van der Waals surface area contributed by atoms with Gasteiger partial charge in [-0.05, 0) is 73.4 Å². The van der Waals surface area contributed by atoms with Crippen LogP contribution in [0.3, 0.4) is 0 Å². The van der Waals surface area contributed by atoms with Crippen molar-refractivity contribution in [1.29, 1.82) is 0 Å². The number of benzene rings is 3. The predicted octanol–water partition coefficient (Wildman–Crippen LogP) is 4.72. The molecule has 2 bridgehead atoms. The van der Waals surface area contributed by atoms with Crippen LogP contribution >= 0.6 is 0 Å². The molecule has 192 valence electrons. The van der Waals surface area contributed by atoms with Crippen molar-refractivity contribution in [2.45, 2.75) is 25.7 Å². The zero-order valence-corrected chi connectivity index (χ0v) is 21.0. The zero-order chi connectivity index (χ0) is 26.4. The van der Waals surface area contributed by atoms with Gasteiger partial charge in [0, 0.05) is 5.69 Å². The number of rotatable bonds is 6. The number of nitrogens with one attached hydrogen (secondary N) is 1. The molecule has 1 aliphatic heterocycles. The van der Waals surface area contributed by atoms with Crippen molar-refractivity contribution in [1.82, 2.24) is 0 Å². The molecule has 1 N–H and O–H groups in total. The molecule has 0 spiro atoms. The van der Waals surface area contributed by atoms with Gasteiger partial charge in [-0.2, -0.15) is 0 Å². The first-order chi connectivity index (χ1) is 18.4. The van der Waals surface area contributed by atoms with Crippen LogP contribution in [-0.2, 0) is 19.1 Å². The van der Waals surface area contributed by atoms with Gasteiger partial charge in [0.25, 0.3) is 5.91 Å². The molecule has 3 amide bonds. The summed E-state index contributed by atoms with van der Waals surface area (Å²) < 4.78 is 5.20. The smallest absolute Gasteiger partial charge is 0.338 e. The maximum Gasteiger partial charge on any atom is 0.338 e. The molecule has 0 radical (unpaired) electrons. The molecule has 0 unspecified atom stereocenters. The van der Waals surface area contributed by atoms with Gasteiger partial charge in [-0.3, -0.25) is 19.3 Å². The first-order valence-electron chi connectivity index (χ1n) is 13.0. The van der Waals surface area contributed by atoms with E-state index in [0.29, 0.717) is 11.4 Å². The number of carbonyl (C=O) groups excluding carboxylic acids is 4. The monoisotopic (exact) mass is 508 g/mol. The van der Waals surface area contributed by atoms with E-state index in [1.807, 2.05) is 37.3 Å². The summed E-state index contributed by atoms with van der Waals surface area (Å²) in [5.74, 6) is -1.52. The average Bonchev–Trinajstić information content (AvgIpc) is 3.60. The van der Waals surface area contributed by atoms with Gasteiger partial charge in [-0.1, -0.05) is 54.1 Å². The van der Waals surface area contributed by atoms with Gasteiger partial charge in [-0.25, -0.2) is 4.79 Å². The predicted molar refractivity (Wildman–Crippen MR) is 141 cm³/mol. The molecule has 3 aromatic rings. The summed E-state index contributed by atoms with van der Waals surface area (Å²) in [4.78, 5) is 53.2. The van der Waals surface area contributed by atoms with Gasteiger partial charge >= 0.3 is 5.97 Å². The quantitative estimate of drug-likeness (QED) is 0.384. The van der Waals surface area contributed by atoms with Crippen LogP contribution in [0.25, 0.3) is 0 Å². The lowest BCUT2D eigenvalue weighted by Gasteiger charge is -2.28. The van der Waals surface area contributed by atoms with Crippen molar-refractivity contribution in [3.05, 3.63) is 95.6 Å². The lowest BCUT2D eigenvalue weighted by Crippen LogP contribution is -2.33. The van der Waals surface area contributed by atoms with Crippen LogP contribution in [0.15, 0.2) is 78.9 Å². The van der Waals surface area contributed by atoms with Crippen LogP contribution in [-0.4, -0.2) is 30.3 Å². The Morgan fingerprint density at radius 2 is 1.63 bits per heavy atom. The molecule has 1 saturated heterocycles. The third kappa shape index (κ3) is 4.18. The van der Waals surface area contributed by atoms with Crippen molar-refractivity contribution in [3.63, 3.8) is 0 Å². The molecule has 7 nitrogen and oxygen atoms in total. The minimum Gasteiger partial charge on any atom is -0.452 e. The molecule has 3 aliphatic rings. The number of hydrogen-bond donors (Lipinski definition) is 1. The number of nitrogens with zero attached hydrogens (tertiary/aromatic N) is 1. The van der Waals surface area contributed by atoms with E-state index in [-0.39, 0.29) is 47.0 Å². The lowest BCUT2D eigenvalue weighted by molar-refractivity contribution is -0.123. The van der Waals surface area contributed by atoms with Crippen LogP contribution in [0.1, 0.15) is 40.2 Å². The minimum absolute atomic E-state index is 0.147. The number of hydrogen-bond acceptors (Lipinski definition) is 5. The Morgan fingerprint density at radius 1 is 0.895 bits per heavy atom. The van der Waals surface area contributed by atoms with E-state index in [4.69, 9.17) is 4.74 Å². The SMILES string of the molecule is Cc1ccc(NC(=O)COC(=O)c2cccc(N3C(=O)[C@@H]4[C@@H]5C[C@@H]([C@H]4C3=O)[C@H](c3ccccc3)C5)c2)cc1. The van der Waals surface area contributed by atoms with E-state index in [1.165, 1.54) is 16.5 Å². The van der Waals surface area contributed by atoms with Crippen LogP contribution < -0.4 is 10.2 Å². The Labute approximate surface area is 220 Å². The fourth-order valence-electron chi connectivity index (χ4n) is 6.62. The van der Waals surface area contributed by atoms with E-state index in [1.54, 1.807) is 30.3 Å². The summed E-state index contributed by atoms with van der Waals surface area (Å²) in [7, 11) is 0. The number of anilines is 2. The first kappa shape index (κ1) is 24.1. The summed E-state index contributed by atoms with van der Waals surface area (Å²) in [6.45, 7) is 1.50. The van der Waals surface area contributed by atoms with Crippen LogP contribution in [0.4, 0.5) is 11.4 Å². The normalized spacial score (nSPS) is 25.4. The fourth-order valence-corrected chi connectivity index (χ4v) is 6.62. The molecule has 5 atom stereocenters. The standard InChI is InChI=1S/C31H28N2O5/c1-18-10-12-22(13-11-18)32-26(34)17-38-31(37)20-8-5-9-23(14-20)33-29(35)27-21-15-24(19-6-3-2-4-7-19)25(16-21)28(27)30(33)36/h2-14,21,24-25,27-28H,15-17H2,1H3,(H,32,34)/t21-,24-,25+,27+,28+/m0/s1. The zero-order valence-electron chi connectivity index (χ0n) is 21.0. The van der Waals surface area contributed by atoms with E-state index in [0.717, 1.165) is 18.4 Å². The summed E-state index contributed by atoms with van der Waals surface area (Å²) in [5, 5.41) is 2.68. The number of carbonyl (C=O) groups is 4. The molecule has 7 heteroatoms. The number of aryl methyl sites for hydroxylation is 1. The van der Waals surface area contributed by atoms with Gasteiger partial charge in [0.15, 0.2) is 6.61 Å². The Kier molecular flexibility index (Phi) is 6.06. The summed E-state index contributed by atoms with van der Waals surface area (Å²) >= 11 is 0. The second kappa shape index (κ2) is 9.56. The van der Waals surface area contributed by atoms with Gasteiger partial charge < -0.3 is 10.1 Å². The maximum absolute atomic E-state index is 13.6.